The molecule has 0 spiro atoms. The molecule has 0 saturated heterocycles. The average Bonchev–Trinajstić information content (AvgIpc) is 2.33. The van der Waals surface area contributed by atoms with Crippen molar-refractivity contribution in [1.29, 1.82) is 0 Å². The van der Waals surface area contributed by atoms with Gasteiger partial charge >= 0.3 is 0 Å². The largest absolute Gasteiger partial charge is 0.327 e. The summed E-state index contributed by atoms with van der Waals surface area (Å²) in [5, 5.41) is 0. The van der Waals surface area contributed by atoms with Crippen molar-refractivity contribution in [2.45, 2.75) is 18.9 Å². The molecule has 1 unspecified atom stereocenters. The van der Waals surface area contributed by atoms with Gasteiger partial charge in [0, 0.05) is 22.9 Å². The summed E-state index contributed by atoms with van der Waals surface area (Å²) in [5.41, 5.74) is 8.66. The molecule has 17 heavy (non-hydrogen) atoms. The van der Waals surface area contributed by atoms with Crippen molar-refractivity contribution < 1.29 is 0 Å². The van der Waals surface area contributed by atoms with Gasteiger partial charge in [-0.25, -0.2) is 0 Å². The van der Waals surface area contributed by atoms with Crippen LogP contribution in [-0.4, -0.2) is 11.0 Å². The molecule has 0 aliphatic heterocycles. The molecule has 2 nitrogen and oxygen atoms in total. The lowest BCUT2D eigenvalue weighted by Crippen LogP contribution is -2.25. The Morgan fingerprint density at radius 1 is 0.941 bits per heavy atom. The summed E-state index contributed by atoms with van der Waals surface area (Å²) in [4.78, 5) is 4.00. The van der Waals surface area contributed by atoms with Crippen LogP contribution in [0.3, 0.4) is 0 Å². The number of benzene rings is 1. The Bertz CT molecular complexity index is 453. The first-order valence-electron chi connectivity index (χ1n) is 5.63. The van der Waals surface area contributed by atoms with Crippen LogP contribution in [0.1, 0.15) is 11.1 Å². The maximum Gasteiger partial charge on any atom is 0.0270 e. The van der Waals surface area contributed by atoms with Crippen molar-refractivity contribution >= 4 is 15.9 Å². The Kier molecular flexibility index (Phi) is 4.29. The van der Waals surface area contributed by atoms with E-state index in [1.54, 1.807) is 0 Å². The van der Waals surface area contributed by atoms with Crippen LogP contribution >= 0.6 is 15.9 Å². The van der Waals surface area contributed by atoms with Crippen molar-refractivity contribution in [2.75, 3.05) is 0 Å². The number of pyridine rings is 1. The van der Waals surface area contributed by atoms with Crippen LogP contribution in [0.15, 0.2) is 53.3 Å². The third-order valence-electron chi connectivity index (χ3n) is 2.66. The first-order valence-corrected chi connectivity index (χ1v) is 6.42. The van der Waals surface area contributed by atoms with E-state index in [-0.39, 0.29) is 6.04 Å². The fourth-order valence-electron chi connectivity index (χ4n) is 1.82. The van der Waals surface area contributed by atoms with Crippen molar-refractivity contribution in [1.82, 2.24) is 4.98 Å². The number of nitrogens with two attached hydrogens (primary N) is 1. The summed E-state index contributed by atoms with van der Waals surface area (Å²) in [6.07, 6.45) is 5.40. The summed E-state index contributed by atoms with van der Waals surface area (Å²) in [6, 6.07) is 12.5. The quantitative estimate of drug-likeness (QED) is 0.940. The Labute approximate surface area is 110 Å². The third-order valence-corrected chi connectivity index (χ3v) is 3.19. The van der Waals surface area contributed by atoms with E-state index in [2.05, 4.69) is 45.2 Å². The average molecular weight is 291 g/mol. The Morgan fingerprint density at radius 2 is 1.47 bits per heavy atom. The highest BCUT2D eigenvalue weighted by Crippen LogP contribution is 2.12. The molecule has 0 aliphatic rings. The van der Waals surface area contributed by atoms with E-state index >= 15 is 0 Å². The van der Waals surface area contributed by atoms with Gasteiger partial charge in [-0.15, -0.1) is 0 Å². The zero-order chi connectivity index (χ0) is 12.1. The second-order valence-electron chi connectivity index (χ2n) is 4.15. The van der Waals surface area contributed by atoms with Crippen LogP contribution in [0.5, 0.6) is 0 Å². The lowest BCUT2D eigenvalue weighted by Gasteiger charge is -2.11. The first-order chi connectivity index (χ1) is 8.24. The summed E-state index contributed by atoms with van der Waals surface area (Å²) in [7, 11) is 0. The molecule has 3 heteroatoms. The Hall–Kier alpha value is -1.19. The highest BCUT2D eigenvalue weighted by Gasteiger charge is 2.05. The number of nitrogens with zero attached hydrogens (tertiary/aromatic N) is 1. The predicted molar refractivity (Wildman–Crippen MR) is 73.8 cm³/mol. The van der Waals surface area contributed by atoms with E-state index in [0.717, 1.165) is 17.3 Å². The number of hydrogen-bond acceptors (Lipinski definition) is 2. The van der Waals surface area contributed by atoms with Crippen LogP contribution in [0.2, 0.25) is 0 Å². The topological polar surface area (TPSA) is 38.9 Å². The molecule has 0 amide bonds. The molecule has 1 aromatic carbocycles. The number of rotatable bonds is 4. The lowest BCUT2D eigenvalue weighted by molar-refractivity contribution is 0.664. The molecule has 0 saturated carbocycles. The lowest BCUT2D eigenvalue weighted by atomic mass is 10.0. The summed E-state index contributed by atoms with van der Waals surface area (Å²) >= 11 is 3.43. The number of hydrogen-bond donors (Lipinski definition) is 1. The number of aromatic nitrogens is 1. The van der Waals surface area contributed by atoms with E-state index in [1.807, 2.05) is 24.5 Å². The van der Waals surface area contributed by atoms with Gasteiger partial charge in [0.2, 0.25) is 0 Å². The Balaban J connectivity index is 1.93. The molecule has 2 aromatic rings. The molecule has 1 heterocycles. The predicted octanol–water partition coefficient (Wildman–Crippen LogP) is 2.96. The molecule has 0 bridgehead atoms. The molecule has 0 aliphatic carbocycles. The molecule has 0 fully saturated rings. The van der Waals surface area contributed by atoms with E-state index in [4.69, 9.17) is 5.73 Å². The fourth-order valence-corrected chi connectivity index (χ4v) is 2.08. The van der Waals surface area contributed by atoms with E-state index < -0.39 is 0 Å². The summed E-state index contributed by atoms with van der Waals surface area (Å²) in [5.74, 6) is 0. The molecular weight excluding hydrogens is 276 g/mol. The second kappa shape index (κ2) is 5.94. The van der Waals surface area contributed by atoms with Crippen LogP contribution in [0, 0.1) is 0 Å². The normalized spacial score (nSPS) is 12.4. The molecule has 88 valence electrons. The van der Waals surface area contributed by atoms with Crippen LogP contribution < -0.4 is 5.73 Å². The van der Waals surface area contributed by atoms with Crippen LogP contribution in [-0.2, 0) is 12.8 Å². The summed E-state index contributed by atoms with van der Waals surface area (Å²) < 4.78 is 1.10. The zero-order valence-corrected chi connectivity index (χ0v) is 11.1. The highest BCUT2D eigenvalue weighted by molar-refractivity contribution is 9.10. The Morgan fingerprint density at radius 3 is 2.06 bits per heavy atom. The standard InChI is InChI=1S/C14H15BrN2/c15-13-3-1-11(2-4-13)9-14(16)10-12-5-7-17-8-6-12/h1-8,14H,9-10,16H2. The molecule has 2 rings (SSSR count). The van der Waals surface area contributed by atoms with Gasteiger partial charge in [0.15, 0.2) is 0 Å². The minimum atomic E-state index is 0.151. The maximum absolute atomic E-state index is 6.14. The van der Waals surface area contributed by atoms with Crippen molar-refractivity contribution in [3.05, 3.63) is 64.4 Å². The van der Waals surface area contributed by atoms with Gasteiger partial charge in [-0.05, 0) is 48.2 Å². The monoisotopic (exact) mass is 290 g/mol. The highest BCUT2D eigenvalue weighted by atomic mass is 79.9. The van der Waals surface area contributed by atoms with Crippen LogP contribution in [0.4, 0.5) is 0 Å². The fraction of sp³-hybridized carbons (Fsp3) is 0.214. The SMILES string of the molecule is NC(Cc1ccncc1)Cc1ccc(Br)cc1. The van der Waals surface area contributed by atoms with E-state index in [9.17, 15) is 0 Å². The molecule has 1 atom stereocenters. The van der Waals surface area contributed by atoms with Gasteiger partial charge in [0.1, 0.15) is 0 Å². The summed E-state index contributed by atoms with van der Waals surface area (Å²) in [6.45, 7) is 0. The maximum atomic E-state index is 6.14. The van der Waals surface area contributed by atoms with Gasteiger partial charge < -0.3 is 5.73 Å². The minimum Gasteiger partial charge on any atom is -0.327 e. The first kappa shape index (κ1) is 12.3. The van der Waals surface area contributed by atoms with Crippen molar-refractivity contribution in [3.63, 3.8) is 0 Å². The minimum absolute atomic E-state index is 0.151. The van der Waals surface area contributed by atoms with Gasteiger partial charge in [0.05, 0.1) is 0 Å². The smallest absolute Gasteiger partial charge is 0.0270 e. The molecular formula is C14H15BrN2. The van der Waals surface area contributed by atoms with E-state index in [1.165, 1.54) is 11.1 Å². The second-order valence-corrected chi connectivity index (χ2v) is 5.07. The third kappa shape index (κ3) is 3.95. The molecule has 0 radical (unpaired) electrons. The number of halogens is 1. The molecule has 2 N–H and O–H groups in total. The van der Waals surface area contributed by atoms with Gasteiger partial charge in [-0.2, -0.15) is 0 Å². The van der Waals surface area contributed by atoms with Crippen molar-refractivity contribution in [3.8, 4) is 0 Å². The van der Waals surface area contributed by atoms with Crippen LogP contribution in [0.25, 0.3) is 0 Å². The van der Waals surface area contributed by atoms with Crippen molar-refractivity contribution in [2.24, 2.45) is 5.73 Å². The van der Waals surface area contributed by atoms with Gasteiger partial charge in [-0.1, -0.05) is 28.1 Å². The van der Waals surface area contributed by atoms with E-state index in [0.29, 0.717) is 0 Å². The van der Waals surface area contributed by atoms with Gasteiger partial charge in [-0.3, -0.25) is 4.98 Å². The zero-order valence-electron chi connectivity index (χ0n) is 9.51. The molecule has 1 aromatic heterocycles. The van der Waals surface area contributed by atoms with Gasteiger partial charge in [0.25, 0.3) is 0 Å².